The molecule has 156 valence electrons. The second kappa shape index (κ2) is 8.67. The van der Waals surface area contributed by atoms with Crippen molar-refractivity contribution < 1.29 is 31.8 Å². The summed E-state index contributed by atoms with van der Waals surface area (Å²) in [7, 11) is 0. The van der Waals surface area contributed by atoms with Crippen LogP contribution in [0.4, 0.5) is 17.6 Å². The molecule has 1 heterocycles. The molecule has 1 fully saturated rings. The van der Waals surface area contributed by atoms with Crippen molar-refractivity contribution in [3.63, 3.8) is 0 Å². The van der Waals surface area contributed by atoms with Crippen molar-refractivity contribution in [3.05, 3.63) is 42.3 Å². The Morgan fingerprint density at radius 2 is 1.86 bits per heavy atom. The van der Waals surface area contributed by atoms with Crippen LogP contribution in [0.15, 0.2) is 36.5 Å². The van der Waals surface area contributed by atoms with Gasteiger partial charge in [-0.15, -0.1) is 13.2 Å². The molecule has 0 atom stereocenters. The number of hydrogen-bond donors (Lipinski definition) is 1. The number of alkyl halides is 3. The molecule has 3 rings (SSSR count). The van der Waals surface area contributed by atoms with Crippen LogP contribution < -0.4 is 14.8 Å². The molecule has 1 aromatic heterocycles. The molecule has 1 saturated carbocycles. The summed E-state index contributed by atoms with van der Waals surface area (Å²) in [4.78, 5) is 15.3. The van der Waals surface area contributed by atoms with Gasteiger partial charge >= 0.3 is 6.36 Å². The number of carbonyl (C=O) groups excluding carboxylic acids is 1. The van der Waals surface area contributed by atoms with Gasteiger partial charge in [0.2, 0.25) is 5.91 Å². The summed E-state index contributed by atoms with van der Waals surface area (Å²) in [5.74, 6) is -1.55. The Hall–Kier alpha value is -2.84. The second-order valence-corrected chi connectivity index (χ2v) is 6.86. The first-order valence-electron chi connectivity index (χ1n) is 9.15. The first kappa shape index (κ1) is 20.9. The van der Waals surface area contributed by atoms with Gasteiger partial charge < -0.3 is 14.8 Å². The fraction of sp³-hybridized carbons (Fsp3) is 0.400. The van der Waals surface area contributed by atoms with Crippen LogP contribution in [0.5, 0.6) is 11.5 Å². The number of nitrogens with one attached hydrogen (secondary N) is 1. The molecular weight excluding hydrogens is 392 g/mol. The lowest BCUT2D eigenvalue weighted by Gasteiger charge is -2.29. The standard InChI is InChI=1S/C20H20F4N2O3/c1-12(27)26-14-3-5-15(6-4-14)28-16-8-9-25-18(11-16)13-2-7-19(17(21)10-13)29-20(22,23)24/h2,7-11,14-15H,3-6H2,1H3,(H,26,27). The zero-order valence-electron chi connectivity index (χ0n) is 15.6. The Morgan fingerprint density at radius 1 is 1.14 bits per heavy atom. The maximum Gasteiger partial charge on any atom is 0.573 e. The molecular formula is C20H20F4N2O3. The minimum absolute atomic E-state index is 0.0189. The summed E-state index contributed by atoms with van der Waals surface area (Å²) in [5, 5.41) is 2.90. The van der Waals surface area contributed by atoms with Gasteiger partial charge in [0.1, 0.15) is 5.75 Å². The van der Waals surface area contributed by atoms with Crippen LogP contribution in [0.25, 0.3) is 11.3 Å². The quantitative estimate of drug-likeness (QED) is 0.729. The maximum absolute atomic E-state index is 14.0. The first-order valence-corrected chi connectivity index (χ1v) is 9.15. The van der Waals surface area contributed by atoms with E-state index >= 15 is 0 Å². The highest BCUT2D eigenvalue weighted by Gasteiger charge is 2.32. The lowest BCUT2D eigenvalue weighted by molar-refractivity contribution is -0.275. The SMILES string of the molecule is CC(=O)NC1CCC(Oc2ccnc(-c3ccc(OC(F)(F)F)c(F)c3)c2)CC1. The van der Waals surface area contributed by atoms with Gasteiger partial charge in [-0.1, -0.05) is 0 Å². The van der Waals surface area contributed by atoms with Gasteiger partial charge in [0, 0.05) is 30.8 Å². The van der Waals surface area contributed by atoms with Crippen LogP contribution >= 0.6 is 0 Å². The fourth-order valence-corrected chi connectivity index (χ4v) is 3.31. The van der Waals surface area contributed by atoms with Gasteiger partial charge in [0.15, 0.2) is 11.6 Å². The van der Waals surface area contributed by atoms with Gasteiger partial charge in [-0.25, -0.2) is 4.39 Å². The van der Waals surface area contributed by atoms with Crippen molar-refractivity contribution in [2.24, 2.45) is 0 Å². The molecule has 1 N–H and O–H groups in total. The van der Waals surface area contributed by atoms with E-state index < -0.39 is 17.9 Å². The molecule has 0 saturated heterocycles. The summed E-state index contributed by atoms with van der Waals surface area (Å²) >= 11 is 0. The van der Waals surface area contributed by atoms with E-state index in [-0.39, 0.29) is 18.1 Å². The number of amides is 1. The minimum atomic E-state index is -4.96. The van der Waals surface area contributed by atoms with E-state index in [1.165, 1.54) is 19.2 Å². The summed E-state index contributed by atoms with van der Waals surface area (Å²) in [6.07, 6.45) is -0.308. The first-order chi connectivity index (χ1) is 13.7. The Bertz CT molecular complexity index is 865. The Morgan fingerprint density at radius 3 is 2.48 bits per heavy atom. The number of ether oxygens (including phenoxy) is 2. The highest BCUT2D eigenvalue weighted by molar-refractivity contribution is 5.73. The minimum Gasteiger partial charge on any atom is -0.490 e. The third-order valence-electron chi connectivity index (χ3n) is 4.57. The average Bonchev–Trinajstić information content (AvgIpc) is 2.64. The molecule has 1 aliphatic rings. The van der Waals surface area contributed by atoms with Gasteiger partial charge in [-0.05, 0) is 49.9 Å². The van der Waals surface area contributed by atoms with E-state index in [9.17, 15) is 22.4 Å². The van der Waals surface area contributed by atoms with Crippen molar-refractivity contribution in [2.75, 3.05) is 0 Å². The zero-order chi connectivity index (χ0) is 21.0. The summed E-state index contributed by atoms with van der Waals surface area (Å²) < 4.78 is 60.4. The van der Waals surface area contributed by atoms with Crippen molar-refractivity contribution >= 4 is 5.91 Å². The molecule has 1 amide bonds. The smallest absolute Gasteiger partial charge is 0.490 e. The maximum atomic E-state index is 14.0. The normalized spacial score (nSPS) is 19.5. The third-order valence-corrected chi connectivity index (χ3v) is 4.57. The van der Waals surface area contributed by atoms with E-state index in [1.807, 2.05) is 0 Å². The van der Waals surface area contributed by atoms with Gasteiger partial charge in [0.25, 0.3) is 0 Å². The topological polar surface area (TPSA) is 60.5 Å². The van der Waals surface area contributed by atoms with E-state index in [0.717, 1.165) is 37.8 Å². The highest BCUT2D eigenvalue weighted by Crippen LogP contribution is 2.31. The average molecular weight is 412 g/mol. The second-order valence-electron chi connectivity index (χ2n) is 6.86. The summed E-state index contributed by atoms with van der Waals surface area (Å²) in [5.41, 5.74) is 0.670. The lowest BCUT2D eigenvalue weighted by atomic mass is 9.93. The van der Waals surface area contributed by atoms with Crippen LogP contribution in [-0.2, 0) is 4.79 Å². The third kappa shape index (κ3) is 6.07. The van der Waals surface area contributed by atoms with Crippen molar-refractivity contribution in [1.29, 1.82) is 0 Å². The monoisotopic (exact) mass is 412 g/mol. The molecule has 5 nitrogen and oxygen atoms in total. The molecule has 1 aliphatic carbocycles. The molecule has 0 bridgehead atoms. The Labute approximate surface area is 165 Å². The molecule has 0 aliphatic heterocycles. The van der Waals surface area contributed by atoms with Gasteiger partial charge in [-0.3, -0.25) is 9.78 Å². The van der Waals surface area contributed by atoms with E-state index in [2.05, 4.69) is 15.0 Å². The molecule has 29 heavy (non-hydrogen) atoms. The number of pyridine rings is 1. The fourth-order valence-electron chi connectivity index (χ4n) is 3.31. The van der Waals surface area contributed by atoms with Crippen molar-refractivity contribution in [1.82, 2.24) is 10.3 Å². The number of hydrogen-bond acceptors (Lipinski definition) is 4. The Balaban J connectivity index is 1.66. The molecule has 0 radical (unpaired) electrons. The molecule has 1 aromatic carbocycles. The van der Waals surface area contributed by atoms with Crippen LogP contribution in [0.1, 0.15) is 32.6 Å². The van der Waals surface area contributed by atoms with Crippen LogP contribution in [0.2, 0.25) is 0 Å². The number of rotatable bonds is 5. The van der Waals surface area contributed by atoms with E-state index in [1.54, 1.807) is 12.1 Å². The van der Waals surface area contributed by atoms with Crippen LogP contribution in [-0.4, -0.2) is 29.4 Å². The highest BCUT2D eigenvalue weighted by atomic mass is 19.4. The Kier molecular flexibility index (Phi) is 6.24. The molecule has 2 aromatic rings. The van der Waals surface area contributed by atoms with Gasteiger partial charge in [0.05, 0.1) is 11.8 Å². The van der Waals surface area contributed by atoms with Gasteiger partial charge in [-0.2, -0.15) is 0 Å². The van der Waals surface area contributed by atoms with Crippen LogP contribution in [0.3, 0.4) is 0 Å². The van der Waals surface area contributed by atoms with Crippen molar-refractivity contribution in [2.45, 2.75) is 51.1 Å². The molecule has 0 spiro atoms. The van der Waals surface area contributed by atoms with E-state index in [0.29, 0.717) is 17.0 Å². The summed E-state index contributed by atoms with van der Waals surface area (Å²) in [6, 6.07) is 6.58. The predicted octanol–water partition coefficient (Wildman–Crippen LogP) is 4.61. The number of carbonyl (C=O) groups is 1. The largest absolute Gasteiger partial charge is 0.573 e. The molecule has 9 heteroatoms. The number of nitrogens with zero attached hydrogens (tertiary/aromatic N) is 1. The lowest BCUT2D eigenvalue weighted by Crippen LogP contribution is -2.38. The number of benzene rings is 1. The predicted molar refractivity (Wildman–Crippen MR) is 96.8 cm³/mol. The van der Waals surface area contributed by atoms with Crippen LogP contribution in [0, 0.1) is 5.82 Å². The van der Waals surface area contributed by atoms with E-state index in [4.69, 9.17) is 4.74 Å². The molecule has 0 unspecified atom stereocenters. The number of aromatic nitrogens is 1. The summed E-state index contributed by atoms with van der Waals surface area (Å²) in [6.45, 7) is 1.49. The van der Waals surface area contributed by atoms with Crippen molar-refractivity contribution in [3.8, 4) is 22.8 Å². The number of halogens is 4. The zero-order valence-corrected chi connectivity index (χ0v) is 15.6.